The van der Waals surface area contributed by atoms with Crippen LogP contribution in [-0.2, 0) is 6.18 Å². The monoisotopic (exact) mass is 479 g/mol. The summed E-state index contributed by atoms with van der Waals surface area (Å²) in [5.74, 6) is -1.48. The summed E-state index contributed by atoms with van der Waals surface area (Å²) in [6, 6.07) is 6.91. The molecule has 0 bridgehead atoms. The van der Waals surface area contributed by atoms with E-state index < -0.39 is 23.2 Å². The Hall–Kier alpha value is -2.10. The highest BCUT2D eigenvalue weighted by Gasteiger charge is 2.39. The molecule has 0 fully saturated rings. The van der Waals surface area contributed by atoms with E-state index in [4.69, 9.17) is 27.9 Å². The molecule has 11 heteroatoms. The Balaban J connectivity index is 2.15. The van der Waals surface area contributed by atoms with Crippen molar-refractivity contribution in [2.75, 3.05) is 0 Å². The van der Waals surface area contributed by atoms with E-state index in [-0.39, 0.29) is 27.3 Å². The van der Waals surface area contributed by atoms with Gasteiger partial charge >= 0.3 is 6.18 Å². The summed E-state index contributed by atoms with van der Waals surface area (Å²) in [6.07, 6.45) is -3.59. The molecule has 5 nitrogen and oxygen atoms in total. The number of aromatic nitrogens is 3. The molecule has 27 heavy (non-hydrogen) atoms. The van der Waals surface area contributed by atoms with E-state index >= 15 is 0 Å². The van der Waals surface area contributed by atoms with Crippen LogP contribution in [0.25, 0.3) is 11.5 Å². The molecule has 0 aliphatic carbocycles. The van der Waals surface area contributed by atoms with Crippen molar-refractivity contribution in [3.05, 3.63) is 67.1 Å². The maximum Gasteiger partial charge on any atom is 0.437 e. The summed E-state index contributed by atoms with van der Waals surface area (Å²) in [5, 5.41) is 0.239. The van der Waals surface area contributed by atoms with Crippen LogP contribution in [0.2, 0.25) is 10.0 Å². The number of nitrogens with one attached hydrogen (secondary N) is 1. The van der Waals surface area contributed by atoms with Gasteiger partial charge in [0.15, 0.2) is 11.5 Å². The van der Waals surface area contributed by atoms with Gasteiger partial charge in [0.1, 0.15) is 11.4 Å². The van der Waals surface area contributed by atoms with Gasteiger partial charge in [0.25, 0.3) is 5.56 Å². The van der Waals surface area contributed by atoms with Crippen LogP contribution >= 0.6 is 39.1 Å². The maximum atomic E-state index is 13.5. The minimum Gasteiger partial charge on any atom is -0.449 e. The third-order valence-corrected chi connectivity index (χ3v) is 4.62. The number of hydrogen-bond donors (Lipinski definition) is 1. The van der Waals surface area contributed by atoms with Gasteiger partial charge in [0.05, 0.1) is 10.0 Å². The van der Waals surface area contributed by atoms with E-state index in [9.17, 15) is 18.0 Å². The lowest BCUT2D eigenvalue weighted by Gasteiger charge is -2.14. The predicted octanol–water partition coefficient (Wildman–Crippen LogP) is 5.71. The number of rotatable bonds is 3. The Labute approximate surface area is 168 Å². The van der Waals surface area contributed by atoms with Crippen LogP contribution in [-0.4, -0.2) is 15.0 Å². The summed E-state index contributed by atoms with van der Waals surface area (Å²) in [4.78, 5) is 22.0. The second-order valence-electron chi connectivity index (χ2n) is 5.10. The van der Waals surface area contributed by atoms with Gasteiger partial charge in [-0.25, -0.2) is 4.98 Å². The van der Waals surface area contributed by atoms with Gasteiger partial charge in [0.2, 0.25) is 5.75 Å². The number of alkyl halides is 3. The Bertz CT molecular complexity index is 1070. The van der Waals surface area contributed by atoms with Crippen LogP contribution in [0, 0.1) is 0 Å². The highest BCUT2D eigenvalue weighted by Crippen LogP contribution is 2.37. The Morgan fingerprint density at radius 1 is 1.15 bits per heavy atom. The standard InChI is InChI=1S/C16H7BrCl2F3N3O2/c17-8-2-1-5-23-11(8)14-24-13(16(20,21)22)12(15(26)25-14)27-7-3-4-9(18)10(19)6-7/h1-6H,(H,24,25,26). The van der Waals surface area contributed by atoms with Crippen molar-refractivity contribution in [2.24, 2.45) is 0 Å². The van der Waals surface area contributed by atoms with Crippen LogP contribution in [0.4, 0.5) is 13.2 Å². The molecule has 0 atom stereocenters. The number of ether oxygens (including phenoxy) is 1. The Morgan fingerprint density at radius 3 is 2.52 bits per heavy atom. The molecule has 1 N–H and O–H groups in total. The number of hydrogen-bond acceptors (Lipinski definition) is 4. The van der Waals surface area contributed by atoms with Crippen molar-refractivity contribution in [3.63, 3.8) is 0 Å². The molecule has 0 radical (unpaired) electrons. The van der Waals surface area contributed by atoms with Gasteiger partial charge in [0, 0.05) is 16.7 Å². The van der Waals surface area contributed by atoms with Gasteiger partial charge in [-0.15, -0.1) is 0 Å². The molecular weight excluding hydrogens is 474 g/mol. The third kappa shape index (κ3) is 4.26. The minimum atomic E-state index is -4.95. The zero-order chi connectivity index (χ0) is 19.8. The SMILES string of the molecule is O=c1[nH]c(-c2ncccc2Br)nc(C(F)(F)F)c1Oc1ccc(Cl)c(Cl)c1. The van der Waals surface area contributed by atoms with Gasteiger partial charge in [-0.05, 0) is 40.2 Å². The number of pyridine rings is 1. The first kappa shape index (κ1) is 19.7. The van der Waals surface area contributed by atoms with Crippen LogP contribution in [0.5, 0.6) is 11.5 Å². The van der Waals surface area contributed by atoms with E-state index in [1.807, 2.05) is 0 Å². The number of aromatic amines is 1. The molecule has 140 valence electrons. The molecule has 2 heterocycles. The Morgan fingerprint density at radius 2 is 1.89 bits per heavy atom. The van der Waals surface area contributed by atoms with Gasteiger partial charge in [-0.3, -0.25) is 9.78 Å². The van der Waals surface area contributed by atoms with Crippen molar-refractivity contribution < 1.29 is 17.9 Å². The summed E-state index contributed by atoms with van der Waals surface area (Å²) in [6.45, 7) is 0. The van der Waals surface area contributed by atoms with Crippen molar-refractivity contribution in [2.45, 2.75) is 6.18 Å². The lowest BCUT2D eigenvalue weighted by atomic mass is 10.3. The number of halogens is 6. The lowest BCUT2D eigenvalue weighted by molar-refractivity contribution is -0.142. The zero-order valence-electron chi connectivity index (χ0n) is 12.9. The molecule has 0 unspecified atom stereocenters. The largest absolute Gasteiger partial charge is 0.449 e. The van der Waals surface area contributed by atoms with Crippen LogP contribution in [0.15, 0.2) is 45.8 Å². The van der Waals surface area contributed by atoms with Crippen LogP contribution in [0.1, 0.15) is 5.69 Å². The normalized spacial score (nSPS) is 11.5. The number of benzene rings is 1. The molecule has 3 rings (SSSR count). The van der Waals surface area contributed by atoms with E-state index in [0.717, 1.165) is 0 Å². The van der Waals surface area contributed by atoms with Gasteiger partial charge < -0.3 is 9.72 Å². The molecule has 1 aromatic carbocycles. The second-order valence-corrected chi connectivity index (χ2v) is 6.77. The number of H-pyrrole nitrogens is 1. The molecule has 2 aromatic heterocycles. The minimum absolute atomic E-state index is 0.0428. The highest BCUT2D eigenvalue weighted by atomic mass is 79.9. The van der Waals surface area contributed by atoms with E-state index in [1.54, 1.807) is 12.1 Å². The topological polar surface area (TPSA) is 67.9 Å². The predicted molar refractivity (Wildman–Crippen MR) is 97.3 cm³/mol. The summed E-state index contributed by atoms with van der Waals surface area (Å²) in [7, 11) is 0. The average Bonchev–Trinajstić information content (AvgIpc) is 2.59. The molecule has 0 aliphatic rings. The quantitative estimate of drug-likeness (QED) is 0.521. The smallest absolute Gasteiger partial charge is 0.437 e. The first-order chi connectivity index (χ1) is 12.7. The molecule has 0 aliphatic heterocycles. The lowest BCUT2D eigenvalue weighted by Crippen LogP contribution is -2.21. The number of nitrogens with zero attached hydrogens (tertiary/aromatic N) is 2. The average molecular weight is 481 g/mol. The molecule has 0 saturated heterocycles. The molecule has 0 saturated carbocycles. The first-order valence-corrected chi connectivity index (χ1v) is 8.67. The van der Waals surface area contributed by atoms with Gasteiger partial charge in [-0.2, -0.15) is 13.2 Å². The highest BCUT2D eigenvalue weighted by molar-refractivity contribution is 9.10. The van der Waals surface area contributed by atoms with Crippen molar-refractivity contribution in [1.82, 2.24) is 15.0 Å². The fourth-order valence-electron chi connectivity index (χ4n) is 2.08. The van der Waals surface area contributed by atoms with E-state index in [2.05, 4.69) is 30.9 Å². The van der Waals surface area contributed by atoms with Crippen LogP contribution < -0.4 is 10.3 Å². The summed E-state index contributed by atoms with van der Waals surface area (Å²) in [5.41, 5.74) is -2.58. The first-order valence-electron chi connectivity index (χ1n) is 7.12. The fourth-order valence-corrected chi connectivity index (χ4v) is 2.81. The second kappa shape index (κ2) is 7.49. The van der Waals surface area contributed by atoms with Crippen molar-refractivity contribution >= 4 is 39.1 Å². The summed E-state index contributed by atoms with van der Waals surface area (Å²) >= 11 is 14.7. The summed E-state index contributed by atoms with van der Waals surface area (Å²) < 4.78 is 46.0. The molecule has 0 amide bonds. The Kier molecular flexibility index (Phi) is 5.45. The van der Waals surface area contributed by atoms with Crippen molar-refractivity contribution in [1.29, 1.82) is 0 Å². The van der Waals surface area contributed by atoms with Gasteiger partial charge in [-0.1, -0.05) is 23.2 Å². The molecule has 3 aromatic rings. The third-order valence-electron chi connectivity index (χ3n) is 3.24. The zero-order valence-corrected chi connectivity index (χ0v) is 16.0. The van der Waals surface area contributed by atoms with E-state index in [1.165, 1.54) is 24.4 Å². The van der Waals surface area contributed by atoms with Crippen molar-refractivity contribution in [3.8, 4) is 23.0 Å². The fraction of sp³-hybridized carbons (Fsp3) is 0.0625. The van der Waals surface area contributed by atoms with Crippen LogP contribution in [0.3, 0.4) is 0 Å². The molecular formula is C16H7BrCl2F3N3O2. The molecule has 0 spiro atoms. The van der Waals surface area contributed by atoms with E-state index in [0.29, 0.717) is 4.47 Å². The maximum absolute atomic E-state index is 13.5.